The lowest BCUT2D eigenvalue weighted by atomic mass is 9.87. The number of amides is 2. The molecule has 0 aliphatic carbocycles. The normalized spacial score (nSPS) is 16.3. The van der Waals surface area contributed by atoms with Crippen molar-refractivity contribution in [2.24, 2.45) is 0 Å². The number of benzene rings is 2. The maximum absolute atomic E-state index is 12.3. The first-order valence-corrected chi connectivity index (χ1v) is 10.4. The van der Waals surface area contributed by atoms with Gasteiger partial charge in [-0.1, -0.05) is 58.0 Å². The third kappa shape index (κ3) is 4.83. The first kappa shape index (κ1) is 20.2. The SMILES string of the molecule is Cc1ccccc1NC(=O)CSC1=C(C#N)[C@@H](c2cccc(Br)c2)CC(=O)N1. The van der Waals surface area contributed by atoms with E-state index in [4.69, 9.17) is 0 Å². The van der Waals surface area contributed by atoms with Crippen LogP contribution in [0, 0.1) is 18.3 Å². The van der Waals surface area contributed by atoms with Crippen LogP contribution in [0.2, 0.25) is 0 Å². The van der Waals surface area contributed by atoms with Crippen molar-refractivity contribution in [1.82, 2.24) is 5.32 Å². The number of aryl methyl sites for hydroxylation is 1. The molecule has 2 aromatic carbocycles. The zero-order valence-corrected chi connectivity index (χ0v) is 17.6. The highest BCUT2D eigenvalue weighted by atomic mass is 79.9. The molecule has 3 rings (SSSR count). The number of nitrogens with one attached hydrogen (secondary N) is 2. The Morgan fingerprint density at radius 1 is 1.32 bits per heavy atom. The summed E-state index contributed by atoms with van der Waals surface area (Å²) >= 11 is 4.60. The summed E-state index contributed by atoms with van der Waals surface area (Å²) in [5.41, 5.74) is 3.09. The van der Waals surface area contributed by atoms with E-state index in [0.717, 1.165) is 21.3 Å². The largest absolute Gasteiger partial charge is 0.325 e. The quantitative estimate of drug-likeness (QED) is 0.696. The van der Waals surface area contributed by atoms with E-state index >= 15 is 0 Å². The molecule has 0 radical (unpaired) electrons. The van der Waals surface area contributed by atoms with E-state index in [1.807, 2.05) is 55.5 Å². The third-order valence-electron chi connectivity index (χ3n) is 4.37. The van der Waals surface area contributed by atoms with Crippen LogP contribution in [0.3, 0.4) is 0 Å². The van der Waals surface area contributed by atoms with Gasteiger partial charge in [-0.3, -0.25) is 9.59 Å². The molecule has 142 valence electrons. The minimum Gasteiger partial charge on any atom is -0.325 e. The van der Waals surface area contributed by atoms with Crippen LogP contribution in [0.15, 0.2) is 63.6 Å². The fourth-order valence-corrected chi connectivity index (χ4v) is 4.27. The predicted molar refractivity (Wildman–Crippen MR) is 115 cm³/mol. The summed E-state index contributed by atoms with van der Waals surface area (Å²) in [5.74, 6) is -0.577. The minimum atomic E-state index is -0.321. The van der Waals surface area contributed by atoms with Gasteiger partial charge in [-0.05, 0) is 36.2 Å². The number of rotatable bonds is 5. The Kier molecular flexibility index (Phi) is 6.55. The van der Waals surface area contributed by atoms with Crippen LogP contribution in [0.25, 0.3) is 0 Å². The average molecular weight is 456 g/mol. The van der Waals surface area contributed by atoms with Crippen molar-refractivity contribution in [3.05, 3.63) is 74.7 Å². The van der Waals surface area contributed by atoms with Gasteiger partial charge in [0.1, 0.15) is 0 Å². The number of halogens is 1. The van der Waals surface area contributed by atoms with Crippen molar-refractivity contribution < 1.29 is 9.59 Å². The molecule has 1 atom stereocenters. The lowest BCUT2D eigenvalue weighted by Crippen LogP contribution is -2.31. The topological polar surface area (TPSA) is 82.0 Å². The number of para-hydroxylation sites is 1. The van der Waals surface area contributed by atoms with Crippen molar-refractivity contribution in [3.63, 3.8) is 0 Å². The average Bonchev–Trinajstić information content (AvgIpc) is 2.67. The van der Waals surface area contributed by atoms with E-state index in [2.05, 4.69) is 32.6 Å². The maximum atomic E-state index is 12.3. The Morgan fingerprint density at radius 3 is 2.82 bits per heavy atom. The number of carbonyl (C=O) groups excluding carboxylic acids is 2. The van der Waals surface area contributed by atoms with Crippen LogP contribution in [-0.4, -0.2) is 17.6 Å². The highest BCUT2D eigenvalue weighted by Crippen LogP contribution is 2.36. The number of carbonyl (C=O) groups is 2. The van der Waals surface area contributed by atoms with Gasteiger partial charge in [0.15, 0.2) is 0 Å². The molecule has 0 saturated carbocycles. The van der Waals surface area contributed by atoms with E-state index in [1.54, 1.807) is 0 Å². The Labute approximate surface area is 176 Å². The molecule has 1 aliphatic heterocycles. The molecule has 28 heavy (non-hydrogen) atoms. The molecule has 5 nitrogen and oxygen atoms in total. The molecule has 1 heterocycles. The Balaban J connectivity index is 1.77. The number of thioether (sulfide) groups is 1. The van der Waals surface area contributed by atoms with Crippen molar-refractivity contribution in [3.8, 4) is 6.07 Å². The van der Waals surface area contributed by atoms with Crippen molar-refractivity contribution in [2.45, 2.75) is 19.3 Å². The van der Waals surface area contributed by atoms with Crippen LogP contribution in [0.4, 0.5) is 5.69 Å². The fraction of sp³-hybridized carbons (Fsp3) is 0.190. The molecule has 2 N–H and O–H groups in total. The Hall–Kier alpha value is -2.56. The molecule has 2 amide bonds. The second-order valence-electron chi connectivity index (χ2n) is 6.37. The molecule has 0 aromatic heterocycles. The van der Waals surface area contributed by atoms with Crippen LogP contribution < -0.4 is 10.6 Å². The number of hydrogen-bond acceptors (Lipinski definition) is 4. The monoisotopic (exact) mass is 455 g/mol. The van der Waals surface area contributed by atoms with Gasteiger partial charge in [-0.15, -0.1) is 0 Å². The zero-order chi connectivity index (χ0) is 20.1. The molecule has 0 fully saturated rings. The maximum Gasteiger partial charge on any atom is 0.234 e. The van der Waals surface area contributed by atoms with Gasteiger partial charge in [-0.25, -0.2) is 0 Å². The molecular formula is C21H18BrN3O2S. The number of hydrogen-bond donors (Lipinski definition) is 2. The van der Waals surface area contributed by atoms with Crippen LogP contribution in [0.1, 0.15) is 23.5 Å². The summed E-state index contributed by atoms with van der Waals surface area (Å²) in [6.45, 7) is 1.92. The molecule has 7 heteroatoms. The standard InChI is InChI=1S/C21H18BrN3O2S/c1-13-5-2-3-8-18(13)24-20(27)12-28-21-17(11-23)16(10-19(26)25-21)14-6-4-7-15(22)9-14/h2-9,16H,10,12H2,1H3,(H,24,27)(H,25,26)/t16-/m1/s1. The van der Waals surface area contributed by atoms with Gasteiger partial charge in [-0.2, -0.15) is 5.26 Å². The molecule has 0 saturated heterocycles. The van der Waals surface area contributed by atoms with Gasteiger partial charge in [0.25, 0.3) is 0 Å². The van der Waals surface area contributed by atoms with E-state index in [-0.39, 0.29) is 29.9 Å². The summed E-state index contributed by atoms with van der Waals surface area (Å²) in [4.78, 5) is 24.5. The fourth-order valence-electron chi connectivity index (χ4n) is 2.98. The Morgan fingerprint density at radius 2 is 2.11 bits per heavy atom. The predicted octanol–water partition coefficient (Wildman–Crippen LogP) is 4.47. The van der Waals surface area contributed by atoms with E-state index < -0.39 is 0 Å². The van der Waals surface area contributed by atoms with Crippen LogP contribution in [-0.2, 0) is 9.59 Å². The van der Waals surface area contributed by atoms with Crippen molar-refractivity contribution in [2.75, 3.05) is 11.1 Å². The van der Waals surface area contributed by atoms with E-state index in [0.29, 0.717) is 10.6 Å². The molecule has 1 aliphatic rings. The van der Waals surface area contributed by atoms with Crippen molar-refractivity contribution >= 4 is 45.2 Å². The van der Waals surface area contributed by atoms with Gasteiger partial charge in [0.05, 0.1) is 22.4 Å². The molecule has 0 bridgehead atoms. The number of nitriles is 1. The zero-order valence-electron chi connectivity index (χ0n) is 15.2. The van der Waals surface area contributed by atoms with Crippen LogP contribution in [0.5, 0.6) is 0 Å². The molecule has 2 aromatic rings. The lowest BCUT2D eigenvalue weighted by molar-refractivity contribution is -0.121. The summed E-state index contributed by atoms with van der Waals surface area (Å²) in [5, 5.41) is 15.8. The number of allylic oxidation sites excluding steroid dienone is 1. The van der Waals surface area contributed by atoms with E-state index in [1.165, 1.54) is 11.8 Å². The van der Waals surface area contributed by atoms with Gasteiger partial charge in [0, 0.05) is 22.5 Å². The summed E-state index contributed by atoms with van der Waals surface area (Å²) in [7, 11) is 0. The van der Waals surface area contributed by atoms with Gasteiger partial charge >= 0.3 is 0 Å². The summed E-state index contributed by atoms with van der Waals surface area (Å²) < 4.78 is 0.889. The molecular weight excluding hydrogens is 438 g/mol. The number of nitrogens with zero attached hydrogens (tertiary/aromatic N) is 1. The second-order valence-corrected chi connectivity index (χ2v) is 8.27. The molecule has 0 spiro atoms. The van der Waals surface area contributed by atoms with Crippen LogP contribution >= 0.6 is 27.7 Å². The molecule has 0 unspecified atom stereocenters. The van der Waals surface area contributed by atoms with Gasteiger partial charge in [0.2, 0.25) is 11.8 Å². The third-order valence-corrected chi connectivity index (χ3v) is 5.88. The summed E-state index contributed by atoms with van der Waals surface area (Å²) in [6.07, 6.45) is 0.207. The highest BCUT2D eigenvalue weighted by Gasteiger charge is 2.30. The smallest absolute Gasteiger partial charge is 0.234 e. The number of anilines is 1. The first-order chi connectivity index (χ1) is 13.5. The Bertz CT molecular complexity index is 997. The first-order valence-electron chi connectivity index (χ1n) is 8.66. The second kappa shape index (κ2) is 9.09. The van der Waals surface area contributed by atoms with Crippen molar-refractivity contribution in [1.29, 1.82) is 5.26 Å². The van der Waals surface area contributed by atoms with Gasteiger partial charge < -0.3 is 10.6 Å². The minimum absolute atomic E-state index is 0.0976. The highest BCUT2D eigenvalue weighted by molar-refractivity contribution is 9.10. The van der Waals surface area contributed by atoms with E-state index in [9.17, 15) is 14.9 Å². The summed E-state index contributed by atoms with van der Waals surface area (Å²) in [6, 6.07) is 17.3. The lowest BCUT2D eigenvalue weighted by Gasteiger charge is -2.25.